The Bertz CT molecular complexity index is 479. The largest absolute Gasteiger partial charge is 0.479 e. The maximum Gasteiger partial charge on any atom is 0.331 e. The molecular weight excluding hydrogens is 288 g/mol. The van der Waals surface area contributed by atoms with E-state index in [1.807, 2.05) is 5.38 Å². The van der Waals surface area contributed by atoms with Crippen LogP contribution in [0.5, 0.6) is 0 Å². The summed E-state index contributed by atoms with van der Waals surface area (Å²) in [5.41, 5.74) is 0. The third kappa shape index (κ3) is 3.97. The zero-order valence-corrected chi connectivity index (χ0v) is 13.2. The smallest absolute Gasteiger partial charge is 0.331 e. The molecule has 2 heterocycles. The van der Waals surface area contributed by atoms with Gasteiger partial charge < -0.3 is 15.3 Å². The molecule has 0 aliphatic carbocycles. The van der Waals surface area contributed by atoms with E-state index >= 15 is 0 Å². The molecule has 1 aromatic rings. The Morgan fingerprint density at radius 1 is 1.38 bits per heavy atom. The van der Waals surface area contributed by atoms with Gasteiger partial charge in [-0.2, -0.15) is 0 Å². The summed E-state index contributed by atoms with van der Waals surface area (Å²) in [6.07, 6.45) is 1.98. The summed E-state index contributed by atoms with van der Waals surface area (Å²) in [6.45, 7) is 5.81. The SMILES string of the molecule is CC(C)C1CCN(C(=O)NC(C(=O)O)c2cccs2)CC1. The van der Waals surface area contributed by atoms with Gasteiger partial charge in [0.05, 0.1) is 0 Å². The number of urea groups is 1. The van der Waals surface area contributed by atoms with Crippen molar-refractivity contribution >= 4 is 23.3 Å². The molecule has 0 spiro atoms. The first-order valence-corrected chi connectivity index (χ1v) is 8.18. The fraction of sp³-hybridized carbons (Fsp3) is 0.600. The topological polar surface area (TPSA) is 69.6 Å². The van der Waals surface area contributed by atoms with E-state index in [4.69, 9.17) is 0 Å². The van der Waals surface area contributed by atoms with Crippen LogP contribution < -0.4 is 5.32 Å². The Hall–Kier alpha value is -1.56. The molecule has 2 amide bonds. The van der Waals surface area contributed by atoms with Crippen LogP contribution in [0.2, 0.25) is 0 Å². The van der Waals surface area contributed by atoms with Gasteiger partial charge in [0.2, 0.25) is 0 Å². The molecule has 1 aromatic heterocycles. The molecule has 21 heavy (non-hydrogen) atoms. The fourth-order valence-corrected chi connectivity index (χ4v) is 3.46. The number of carbonyl (C=O) groups is 2. The maximum absolute atomic E-state index is 12.2. The van der Waals surface area contributed by atoms with Crippen molar-refractivity contribution in [3.8, 4) is 0 Å². The van der Waals surface area contributed by atoms with Crippen molar-refractivity contribution < 1.29 is 14.7 Å². The molecule has 1 fully saturated rings. The van der Waals surface area contributed by atoms with Crippen molar-refractivity contribution in [3.63, 3.8) is 0 Å². The van der Waals surface area contributed by atoms with Gasteiger partial charge in [0, 0.05) is 18.0 Å². The molecule has 2 rings (SSSR count). The first-order chi connectivity index (χ1) is 9.99. The quantitative estimate of drug-likeness (QED) is 0.898. The van der Waals surface area contributed by atoms with E-state index in [1.54, 1.807) is 17.0 Å². The van der Waals surface area contributed by atoms with Crippen molar-refractivity contribution in [3.05, 3.63) is 22.4 Å². The molecule has 1 saturated heterocycles. The van der Waals surface area contributed by atoms with E-state index in [-0.39, 0.29) is 6.03 Å². The van der Waals surface area contributed by atoms with Crippen LogP contribution in [0.1, 0.15) is 37.6 Å². The molecule has 0 bridgehead atoms. The minimum atomic E-state index is -1.03. The zero-order valence-electron chi connectivity index (χ0n) is 12.4. The number of nitrogens with zero attached hydrogens (tertiary/aromatic N) is 1. The second kappa shape index (κ2) is 6.93. The van der Waals surface area contributed by atoms with Gasteiger partial charge in [0.15, 0.2) is 6.04 Å². The molecular formula is C15H22N2O3S. The van der Waals surface area contributed by atoms with Crippen molar-refractivity contribution in [2.75, 3.05) is 13.1 Å². The molecule has 116 valence electrons. The summed E-state index contributed by atoms with van der Waals surface area (Å²) >= 11 is 1.34. The van der Waals surface area contributed by atoms with Gasteiger partial charge in [-0.15, -0.1) is 11.3 Å². The zero-order chi connectivity index (χ0) is 15.4. The van der Waals surface area contributed by atoms with Crippen LogP contribution in [-0.2, 0) is 4.79 Å². The van der Waals surface area contributed by atoms with Crippen LogP contribution in [0.4, 0.5) is 4.79 Å². The summed E-state index contributed by atoms with van der Waals surface area (Å²) in [5, 5.41) is 13.7. The summed E-state index contributed by atoms with van der Waals surface area (Å²) < 4.78 is 0. The molecule has 2 N–H and O–H groups in total. The molecule has 0 aromatic carbocycles. The molecule has 0 saturated carbocycles. The third-order valence-electron chi connectivity index (χ3n) is 4.11. The summed E-state index contributed by atoms with van der Waals surface area (Å²) in [5.74, 6) is 0.262. The summed E-state index contributed by atoms with van der Waals surface area (Å²) in [6, 6.07) is 2.28. The lowest BCUT2D eigenvalue weighted by atomic mass is 9.87. The number of piperidine rings is 1. The number of likely N-dealkylation sites (tertiary alicyclic amines) is 1. The fourth-order valence-electron chi connectivity index (χ4n) is 2.69. The lowest BCUT2D eigenvalue weighted by Gasteiger charge is -2.34. The Labute approximate surface area is 129 Å². The summed E-state index contributed by atoms with van der Waals surface area (Å²) in [7, 11) is 0. The highest BCUT2D eigenvalue weighted by molar-refractivity contribution is 7.10. The van der Waals surface area contributed by atoms with Crippen molar-refractivity contribution in [2.24, 2.45) is 11.8 Å². The highest BCUT2D eigenvalue weighted by Gasteiger charge is 2.28. The predicted octanol–water partition coefficient (Wildman–Crippen LogP) is 2.95. The van der Waals surface area contributed by atoms with Crippen LogP contribution in [0, 0.1) is 11.8 Å². The van der Waals surface area contributed by atoms with Gasteiger partial charge in [0.25, 0.3) is 0 Å². The number of amides is 2. The van der Waals surface area contributed by atoms with Crippen LogP contribution in [0.15, 0.2) is 17.5 Å². The molecule has 5 nitrogen and oxygen atoms in total. The highest BCUT2D eigenvalue weighted by Crippen LogP contribution is 2.25. The van der Waals surface area contributed by atoms with Crippen LogP contribution >= 0.6 is 11.3 Å². The number of carbonyl (C=O) groups excluding carboxylic acids is 1. The number of rotatable bonds is 4. The molecule has 1 unspecified atom stereocenters. The monoisotopic (exact) mass is 310 g/mol. The first-order valence-electron chi connectivity index (χ1n) is 7.30. The molecule has 1 aliphatic rings. The minimum absolute atomic E-state index is 0.280. The molecule has 1 aliphatic heterocycles. The van der Waals surface area contributed by atoms with Gasteiger partial charge in [0.1, 0.15) is 0 Å². The van der Waals surface area contributed by atoms with Crippen molar-refractivity contribution in [2.45, 2.75) is 32.7 Å². The number of hydrogen-bond acceptors (Lipinski definition) is 3. The number of aliphatic carboxylic acids is 1. The maximum atomic E-state index is 12.2. The second-order valence-corrected chi connectivity index (χ2v) is 6.78. The van der Waals surface area contributed by atoms with Gasteiger partial charge >= 0.3 is 12.0 Å². The van der Waals surface area contributed by atoms with E-state index in [1.165, 1.54) is 11.3 Å². The number of carboxylic acids is 1. The minimum Gasteiger partial charge on any atom is -0.479 e. The van der Waals surface area contributed by atoms with E-state index in [2.05, 4.69) is 19.2 Å². The van der Waals surface area contributed by atoms with E-state index in [9.17, 15) is 14.7 Å². The Balaban J connectivity index is 1.93. The number of hydrogen-bond donors (Lipinski definition) is 2. The third-order valence-corrected chi connectivity index (χ3v) is 5.05. The lowest BCUT2D eigenvalue weighted by Crippen LogP contribution is -2.47. The Morgan fingerprint density at radius 2 is 2.05 bits per heavy atom. The van der Waals surface area contributed by atoms with Gasteiger partial charge in [-0.05, 0) is 36.1 Å². The van der Waals surface area contributed by atoms with Crippen LogP contribution in [0.3, 0.4) is 0 Å². The van der Waals surface area contributed by atoms with Crippen LogP contribution in [-0.4, -0.2) is 35.1 Å². The van der Waals surface area contributed by atoms with E-state index in [0.717, 1.165) is 12.8 Å². The van der Waals surface area contributed by atoms with Crippen LogP contribution in [0.25, 0.3) is 0 Å². The second-order valence-electron chi connectivity index (χ2n) is 5.80. The molecule has 1 atom stereocenters. The highest BCUT2D eigenvalue weighted by atomic mass is 32.1. The Kier molecular flexibility index (Phi) is 5.22. The first kappa shape index (κ1) is 15.8. The number of carboxylic acid groups (broad SMARTS) is 1. The van der Waals surface area contributed by atoms with Crippen molar-refractivity contribution in [1.82, 2.24) is 10.2 Å². The Morgan fingerprint density at radius 3 is 2.52 bits per heavy atom. The van der Waals surface area contributed by atoms with Gasteiger partial charge in [-0.3, -0.25) is 0 Å². The van der Waals surface area contributed by atoms with Crippen molar-refractivity contribution in [1.29, 1.82) is 0 Å². The average molecular weight is 310 g/mol. The lowest BCUT2D eigenvalue weighted by molar-refractivity contribution is -0.139. The number of thiophene rings is 1. The molecule has 6 heteroatoms. The normalized spacial score (nSPS) is 17.8. The van der Waals surface area contributed by atoms with Gasteiger partial charge in [-0.1, -0.05) is 19.9 Å². The van der Waals surface area contributed by atoms with E-state index < -0.39 is 12.0 Å². The standard InChI is InChI=1S/C15H22N2O3S/c1-10(2)11-5-7-17(8-6-11)15(20)16-13(14(18)19)12-4-3-9-21-12/h3-4,9-11,13H,5-8H2,1-2H3,(H,16,20)(H,18,19). The summed E-state index contributed by atoms with van der Waals surface area (Å²) in [4.78, 5) is 25.9. The predicted molar refractivity (Wildman–Crippen MR) is 82.4 cm³/mol. The van der Waals surface area contributed by atoms with E-state index in [0.29, 0.717) is 29.8 Å². The number of nitrogens with one attached hydrogen (secondary N) is 1. The van der Waals surface area contributed by atoms with Gasteiger partial charge in [-0.25, -0.2) is 9.59 Å². The molecule has 0 radical (unpaired) electrons. The average Bonchev–Trinajstić information content (AvgIpc) is 2.98.